The van der Waals surface area contributed by atoms with Crippen molar-refractivity contribution >= 4 is 21.9 Å². The maximum Gasteiger partial charge on any atom is 0.336 e. The number of hydrogen-bond donors (Lipinski definition) is 1. The van der Waals surface area contributed by atoms with E-state index in [1.54, 1.807) is 0 Å². The van der Waals surface area contributed by atoms with Crippen molar-refractivity contribution in [3.63, 3.8) is 0 Å². The molecule has 3 aromatic rings. The molecule has 0 atom stereocenters. The van der Waals surface area contributed by atoms with E-state index in [9.17, 15) is 14.7 Å². The van der Waals surface area contributed by atoms with Gasteiger partial charge >= 0.3 is 5.63 Å². The van der Waals surface area contributed by atoms with Gasteiger partial charge in [0, 0.05) is 18.2 Å². The summed E-state index contributed by atoms with van der Waals surface area (Å²) in [4.78, 5) is 23.6. The Morgan fingerprint density at radius 2 is 2.00 bits per heavy atom. The molecule has 0 aliphatic carbocycles. The van der Waals surface area contributed by atoms with Crippen molar-refractivity contribution in [1.82, 2.24) is 0 Å². The van der Waals surface area contributed by atoms with Crippen LogP contribution in [0.15, 0.2) is 42.9 Å². The zero-order valence-corrected chi connectivity index (χ0v) is 10.8. The molecule has 0 aliphatic heterocycles. The number of phenolic OH excluding ortho intramolecular Hbond substituents is 1. The molecule has 3 rings (SSSR count). The summed E-state index contributed by atoms with van der Waals surface area (Å²) in [6.45, 7) is 1.97. The van der Waals surface area contributed by atoms with Crippen LogP contribution in [0.3, 0.4) is 0 Å². The maximum absolute atomic E-state index is 12.0. The summed E-state index contributed by atoms with van der Waals surface area (Å²) in [5, 5.41) is 10.7. The first kappa shape index (κ1) is 12.5. The van der Waals surface area contributed by atoms with Crippen LogP contribution < -0.4 is 11.1 Å². The van der Waals surface area contributed by atoms with Crippen LogP contribution in [0, 0.1) is 0 Å². The van der Waals surface area contributed by atoms with Crippen LogP contribution in [-0.2, 0) is 6.42 Å². The maximum atomic E-state index is 12.0. The molecule has 0 radical (unpaired) electrons. The summed E-state index contributed by atoms with van der Waals surface area (Å²) >= 11 is 0. The van der Waals surface area contributed by atoms with Crippen LogP contribution in [0.2, 0.25) is 0 Å². The van der Waals surface area contributed by atoms with Crippen molar-refractivity contribution in [1.29, 1.82) is 0 Å². The number of fused-ring (bicyclic) bond motifs is 3. The minimum Gasteiger partial charge on any atom is -0.507 e. The predicted octanol–water partition coefficient (Wildman–Crippen LogP) is 2.56. The van der Waals surface area contributed by atoms with E-state index in [0.717, 1.165) is 6.42 Å². The van der Waals surface area contributed by atoms with Crippen molar-refractivity contribution < 1.29 is 13.9 Å². The second-order valence-electron chi connectivity index (χ2n) is 4.60. The lowest BCUT2D eigenvalue weighted by atomic mass is 10.0. The normalized spacial score (nSPS) is 11.2. The third kappa shape index (κ3) is 1.79. The second-order valence-corrected chi connectivity index (χ2v) is 4.60. The second kappa shape index (κ2) is 4.52. The lowest BCUT2D eigenvalue weighted by Crippen LogP contribution is -2.05. The van der Waals surface area contributed by atoms with Crippen molar-refractivity contribution in [2.45, 2.75) is 19.8 Å². The highest BCUT2D eigenvalue weighted by atomic mass is 16.4. The molecule has 0 aliphatic rings. The van der Waals surface area contributed by atoms with Gasteiger partial charge in [-0.3, -0.25) is 4.79 Å². The molecule has 0 bridgehead atoms. The molecule has 1 N–H and O–H groups in total. The van der Waals surface area contributed by atoms with Gasteiger partial charge < -0.3 is 13.9 Å². The van der Waals surface area contributed by atoms with Gasteiger partial charge in [-0.15, -0.1) is 0 Å². The first-order chi connectivity index (χ1) is 9.61. The highest BCUT2D eigenvalue weighted by Gasteiger charge is 2.16. The first-order valence-electron chi connectivity index (χ1n) is 6.32. The number of aromatic hydroxyl groups is 1. The smallest absolute Gasteiger partial charge is 0.336 e. The molecule has 0 amide bonds. The average molecular weight is 272 g/mol. The number of aryl methyl sites for hydroxylation is 1. The number of hydrogen-bond acceptors (Lipinski definition) is 5. The Kier molecular flexibility index (Phi) is 2.82. The largest absolute Gasteiger partial charge is 0.507 e. The summed E-state index contributed by atoms with van der Waals surface area (Å²) in [5.41, 5.74) is 0.0927. The molecule has 0 unspecified atom stereocenters. The molecule has 0 spiro atoms. The Morgan fingerprint density at radius 1 is 1.20 bits per heavy atom. The van der Waals surface area contributed by atoms with E-state index in [4.69, 9.17) is 8.83 Å². The fourth-order valence-electron chi connectivity index (χ4n) is 2.42. The van der Waals surface area contributed by atoms with Crippen LogP contribution in [0.5, 0.6) is 5.75 Å². The van der Waals surface area contributed by atoms with Crippen LogP contribution in [-0.4, -0.2) is 5.11 Å². The van der Waals surface area contributed by atoms with E-state index in [1.165, 1.54) is 24.5 Å². The van der Waals surface area contributed by atoms with Gasteiger partial charge in [0.15, 0.2) is 11.0 Å². The highest BCUT2D eigenvalue weighted by molar-refractivity contribution is 6.05. The summed E-state index contributed by atoms with van der Waals surface area (Å²) in [6.07, 6.45) is 2.66. The van der Waals surface area contributed by atoms with Crippen molar-refractivity contribution in [3.05, 3.63) is 50.7 Å². The lowest BCUT2D eigenvalue weighted by molar-refractivity contribution is 0.477. The summed E-state index contributed by atoms with van der Waals surface area (Å²) in [6, 6.07) is 3.98. The van der Waals surface area contributed by atoms with Crippen LogP contribution >= 0.6 is 0 Å². The topological polar surface area (TPSA) is 80.7 Å². The molecule has 5 nitrogen and oxygen atoms in total. The Morgan fingerprint density at radius 3 is 2.75 bits per heavy atom. The number of phenols is 1. The summed E-state index contributed by atoms with van der Waals surface area (Å²) in [7, 11) is 0. The Bertz CT molecular complexity index is 917. The average Bonchev–Trinajstić information content (AvgIpc) is 2.38. The molecule has 0 saturated heterocycles. The molecule has 102 valence electrons. The third-order valence-corrected chi connectivity index (χ3v) is 3.22. The summed E-state index contributed by atoms with van der Waals surface area (Å²) < 4.78 is 10.3. The third-order valence-electron chi connectivity index (χ3n) is 3.22. The van der Waals surface area contributed by atoms with Crippen LogP contribution in [0.25, 0.3) is 21.9 Å². The molecular weight excluding hydrogens is 260 g/mol. The molecule has 2 aromatic heterocycles. The van der Waals surface area contributed by atoms with E-state index in [2.05, 4.69) is 0 Å². The minimum atomic E-state index is -0.545. The van der Waals surface area contributed by atoms with Crippen molar-refractivity contribution in [3.8, 4) is 5.75 Å². The van der Waals surface area contributed by atoms with Gasteiger partial charge in [-0.25, -0.2) is 4.79 Å². The van der Waals surface area contributed by atoms with Crippen LogP contribution in [0.1, 0.15) is 18.9 Å². The molecule has 0 saturated carbocycles. The Labute approximate surface area is 113 Å². The predicted molar refractivity (Wildman–Crippen MR) is 74.2 cm³/mol. The SMILES string of the molecule is CCCc1cc(=O)oc2c1c(O)cc1occc(=O)c12. The van der Waals surface area contributed by atoms with E-state index >= 15 is 0 Å². The van der Waals surface area contributed by atoms with E-state index in [1.807, 2.05) is 6.92 Å². The minimum absolute atomic E-state index is 0.0611. The molecule has 2 heterocycles. The molecule has 1 aromatic carbocycles. The van der Waals surface area contributed by atoms with E-state index < -0.39 is 5.63 Å². The van der Waals surface area contributed by atoms with Gasteiger partial charge in [0.2, 0.25) is 0 Å². The molecular formula is C15H12O5. The van der Waals surface area contributed by atoms with E-state index in [-0.39, 0.29) is 27.7 Å². The fraction of sp³-hybridized carbons (Fsp3) is 0.200. The van der Waals surface area contributed by atoms with E-state index in [0.29, 0.717) is 17.4 Å². The molecule has 20 heavy (non-hydrogen) atoms. The zero-order valence-electron chi connectivity index (χ0n) is 10.8. The quantitative estimate of drug-likeness (QED) is 0.572. The monoisotopic (exact) mass is 272 g/mol. The molecule has 0 fully saturated rings. The Hall–Kier alpha value is -2.56. The first-order valence-corrected chi connectivity index (χ1v) is 6.32. The highest BCUT2D eigenvalue weighted by Crippen LogP contribution is 2.33. The fourth-order valence-corrected chi connectivity index (χ4v) is 2.42. The van der Waals surface area contributed by atoms with Crippen molar-refractivity contribution in [2.75, 3.05) is 0 Å². The number of rotatable bonds is 2. The summed E-state index contributed by atoms with van der Waals surface area (Å²) in [5.74, 6) is -0.0611. The van der Waals surface area contributed by atoms with Gasteiger partial charge in [-0.1, -0.05) is 13.3 Å². The van der Waals surface area contributed by atoms with Gasteiger partial charge in [-0.05, 0) is 12.0 Å². The Balaban J connectivity index is 2.62. The van der Waals surface area contributed by atoms with Gasteiger partial charge in [0.25, 0.3) is 0 Å². The van der Waals surface area contributed by atoms with Gasteiger partial charge in [0.1, 0.15) is 16.7 Å². The number of benzene rings is 1. The standard InChI is InChI=1S/C15H12O5/c1-2-3-8-6-12(18)20-15-13(8)10(17)7-11-14(15)9(16)4-5-19-11/h4-7,17H,2-3H2,1H3. The van der Waals surface area contributed by atoms with Gasteiger partial charge in [0.05, 0.1) is 11.6 Å². The zero-order chi connectivity index (χ0) is 14.3. The van der Waals surface area contributed by atoms with Crippen molar-refractivity contribution in [2.24, 2.45) is 0 Å². The van der Waals surface area contributed by atoms with Crippen LogP contribution in [0.4, 0.5) is 0 Å². The van der Waals surface area contributed by atoms with Gasteiger partial charge in [-0.2, -0.15) is 0 Å². The lowest BCUT2D eigenvalue weighted by Gasteiger charge is -2.07. The molecule has 5 heteroatoms.